The van der Waals surface area contributed by atoms with Crippen LogP contribution in [0.2, 0.25) is 5.02 Å². The minimum Gasteiger partial charge on any atom is -0.497 e. The largest absolute Gasteiger partial charge is 0.497 e. The summed E-state index contributed by atoms with van der Waals surface area (Å²) >= 11 is 6.06. The molecule has 3 heteroatoms. The molecule has 2 aromatic rings. The van der Waals surface area contributed by atoms with Crippen LogP contribution in [0.5, 0.6) is 5.75 Å². The highest BCUT2D eigenvalue weighted by Crippen LogP contribution is 2.36. The normalized spacial score (nSPS) is 18.0. The molecule has 2 nitrogen and oxygen atoms in total. The van der Waals surface area contributed by atoms with E-state index in [1.807, 2.05) is 48.5 Å². The van der Waals surface area contributed by atoms with Crippen LogP contribution in [0.25, 0.3) is 5.57 Å². The summed E-state index contributed by atoms with van der Waals surface area (Å²) in [6.07, 6.45) is 3.15. The first-order valence-electron chi connectivity index (χ1n) is 7.29. The maximum atomic E-state index is 12.1. The number of hydrogen-bond acceptors (Lipinski definition) is 2. The van der Waals surface area contributed by atoms with Gasteiger partial charge >= 0.3 is 0 Å². The molecule has 1 aliphatic rings. The van der Waals surface area contributed by atoms with Crippen molar-refractivity contribution in [3.8, 4) is 5.75 Å². The lowest BCUT2D eigenvalue weighted by Gasteiger charge is -2.23. The van der Waals surface area contributed by atoms with Gasteiger partial charge in [0.2, 0.25) is 0 Å². The Kier molecular flexibility index (Phi) is 4.30. The maximum Gasteiger partial charge on any atom is 0.156 e. The fourth-order valence-electron chi connectivity index (χ4n) is 2.89. The molecular formula is C19H17ClO2. The smallest absolute Gasteiger partial charge is 0.156 e. The lowest BCUT2D eigenvalue weighted by Crippen LogP contribution is -2.12. The van der Waals surface area contributed by atoms with Crippen LogP contribution in [-0.4, -0.2) is 12.9 Å². The number of hydrogen-bond donors (Lipinski definition) is 0. The standard InChI is InChI=1S/C19H17ClO2/c1-22-19-7-5-13(6-8-19)15-9-16(12-18(21)11-15)14-3-2-4-17(20)10-14/h2-8,10,12,15H,9,11H2,1H3/t15-/m1/s1. The lowest BCUT2D eigenvalue weighted by atomic mass is 9.81. The van der Waals surface area contributed by atoms with E-state index in [1.54, 1.807) is 13.2 Å². The molecule has 0 saturated heterocycles. The fraction of sp³-hybridized carbons (Fsp3) is 0.211. The molecular weight excluding hydrogens is 296 g/mol. The van der Waals surface area contributed by atoms with E-state index in [1.165, 1.54) is 5.56 Å². The molecule has 0 radical (unpaired) electrons. The molecule has 0 heterocycles. The molecule has 112 valence electrons. The second-order valence-electron chi connectivity index (χ2n) is 5.52. The van der Waals surface area contributed by atoms with Gasteiger partial charge in [-0.3, -0.25) is 4.79 Å². The van der Waals surface area contributed by atoms with Crippen LogP contribution in [0.15, 0.2) is 54.6 Å². The first-order chi connectivity index (χ1) is 10.7. The van der Waals surface area contributed by atoms with Crippen molar-refractivity contribution in [1.82, 2.24) is 0 Å². The van der Waals surface area contributed by atoms with Crippen molar-refractivity contribution in [3.05, 3.63) is 70.8 Å². The minimum absolute atomic E-state index is 0.169. The molecule has 0 amide bonds. The van der Waals surface area contributed by atoms with Crippen LogP contribution < -0.4 is 4.74 Å². The van der Waals surface area contributed by atoms with Crippen LogP contribution in [0.4, 0.5) is 0 Å². The second-order valence-corrected chi connectivity index (χ2v) is 5.96. The molecule has 0 bridgehead atoms. The Morgan fingerprint density at radius 3 is 2.55 bits per heavy atom. The van der Waals surface area contributed by atoms with E-state index in [0.29, 0.717) is 11.4 Å². The number of carbonyl (C=O) groups is 1. The third kappa shape index (κ3) is 3.23. The fourth-order valence-corrected chi connectivity index (χ4v) is 3.08. The first kappa shape index (κ1) is 14.9. The van der Waals surface area contributed by atoms with Crippen LogP contribution in [-0.2, 0) is 4.79 Å². The Morgan fingerprint density at radius 2 is 1.86 bits per heavy atom. The minimum atomic E-state index is 0.169. The Bertz CT molecular complexity index is 716. The monoisotopic (exact) mass is 312 g/mol. The van der Waals surface area contributed by atoms with Crippen molar-refractivity contribution in [2.45, 2.75) is 18.8 Å². The molecule has 3 rings (SSSR count). The van der Waals surface area contributed by atoms with E-state index in [4.69, 9.17) is 16.3 Å². The zero-order chi connectivity index (χ0) is 15.5. The Labute approximate surface area is 135 Å². The molecule has 0 N–H and O–H groups in total. The van der Waals surface area contributed by atoms with Crippen LogP contribution in [0.1, 0.15) is 29.9 Å². The van der Waals surface area contributed by atoms with Crippen molar-refractivity contribution in [2.75, 3.05) is 7.11 Å². The molecule has 0 unspecified atom stereocenters. The van der Waals surface area contributed by atoms with Crippen LogP contribution in [0, 0.1) is 0 Å². The van der Waals surface area contributed by atoms with E-state index < -0.39 is 0 Å². The van der Waals surface area contributed by atoms with Gasteiger partial charge in [0.15, 0.2) is 5.78 Å². The molecule has 0 aromatic heterocycles. The molecule has 2 aromatic carbocycles. The van der Waals surface area contributed by atoms with Crippen molar-refractivity contribution >= 4 is 23.0 Å². The predicted octanol–water partition coefficient (Wildman–Crippen LogP) is 4.88. The summed E-state index contributed by atoms with van der Waals surface area (Å²) in [7, 11) is 1.65. The van der Waals surface area contributed by atoms with Gasteiger partial charge in [0.1, 0.15) is 5.75 Å². The predicted molar refractivity (Wildman–Crippen MR) is 89.4 cm³/mol. The van der Waals surface area contributed by atoms with E-state index in [9.17, 15) is 4.79 Å². The van der Waals surface area contributed by atoms with Crippen molar-refractivity contribution in [3.63, 3.8) is 0 Å². The van der Waals surface area contributed by atoms with Crippen LogP contribution >= 0.6 is 11.6 Å². The highest BCUT2D eigenvalue weighted by Gasteiger charge is 2.23. The van der Waals surface area contributed by atoms with E-state index >= 15 is 0 Å². The highest BCUT2D eigenvalue weighted by atomic mass is 35.5. The second kappa shape index (κ2) is 6.37. The number of allylic oxidation sites excluding steroid dienone is 2. The van der Waals surface area contributed by atoms with Gasteiger partial charge < -0.3 is 4.74 Å². The van der Waals surface area contributed by atoms with Gasteiger partial charge in [-0.05, 0) is 59.4 Å². The van der Waals surface area contributed by atoms with Gasteiger partial charge in [-0.1, -0.05) is 35.9 Å². The summed E-state index contributed by atoms with van der Waals surface area (Å²) in [5.74, 6) is 1.20. The molecule has 0 spiro atoms. The average molecular weight is 313 g/mol. The van der Waals surface area contributed by atoms with E-state index in [-0.39, 0.29) is 11.7 Å². The summed E-state index contributed by atoms with van der Waals surface area (Å²) in [5.41, 5.74) is 3.25. The van der Waals surface area contributed by atoms with Crippen LogP contribution in [0.3, 0.4) is 0 Å². The molecule has 1 aliphatic carbocycles. The summed E-state index contributed by atoms with van der Waals surface area (Å²) in [5, 5.41) is 0.692. The number of rotatable bonds is 3. The number of benzene rings is 2. The van der Waals surface area contributed by atoms with Gasteiger partial charge in [-0.2, -0.15) is 0 Å². The summed E-state index contributed by atoms with van der Waals surface area (Å²) in [6.45, 7) is 0. The average Bonchev–Trinajstić information content (AvgIpc) is 2.54. The maximum absolute atomic E-state index is 12.1. The third-order valence-electron chi connectivity index (χ3n) is 4.03. The molecule has 0 aliphatic heterocycles. The van der Waals surface area contributed by atoms with Gasteiger partial charge in [0, 0.05) is 11.4 Å². The van der Waals surface area contributed by atoms with E-state index in [2.05, 4.69) is 0 Å². The van der Waals surface area contributed by atoms with Crippen molar-refractivity contribution in [1.29, 1.82) is 0 Å². The number of halogens is 1. The Balaban J connectivity index is 1.87. The number of methoxy groups -OCH3 is 1. The van der Waals surface area contributed by atoms with Gasteiger partial charge in [-0.15, -0.1) is 0 Å². The van der Waals surface area contributed by atoms with Gasteiger partial charge in [0.05, 0.1) is 7.11 Å². The van der Waals surface area contributed by atoms with Gasteiger partial charge in [-0.25, -0.2) is 0 Å². The lowest BCUT2D eigenvalue weighted by molar-refractivity contribution is -0.115. The SMILES string of the molecule is COc1ccc([C@H]2CC(=O)C=C(c3cccc(Cl)c3)C2)cc1. The Hall–Kier alpha value is -2.06. The van der Waals surface area contributed by atoms with E-state index in [0.717, 1.165) is 23.3 Å². The van der Waals surface area contributed by atoms with Crippen molar-refractivity contribution < 1.29 is 9.53 Å². The zero-order valence-electron chi connectivity index (χ0n) is 12.4. The summed E-state index contributed by atoms with van der Waals surface area (Å²) in [4.78, 5) is 12.1. The Morgan fingerprint density at radius 1 is 1.09 bits per heavy atom. The molecule has 22 heavy (non-hydrogen) atoms. The molecule has 0 saturated carbocycles. The number of carbonyl (C=O) groups excluding carboxylic acids is 1. The molecule has 1 atom stereocenters. The highest BCUT2D eigenvalue weighted by molar-refractivity contribution is 6.30. The topological polar surface area (TPSA) is 26.3 Å². The third-order valence-corrected chi connectivity index (χ3v) is 4.27. The first-order valence-corrected chi connectivity index (χ1v) is 7.67. The molecule has 0 fully saturated rings. The van der Waals surface area contributed by atoms with Gasteiger partial charge in [0.25, 0.3) is 0 Å². The number of ether oxygens (including phenoxy) is 1. The quantitative estimate of drug-likeness (QED) is 0.807. The van der Waals surface area contributed by atoms with Crippen molar-refractivity contribution in [2.24, 2.45) is 0 Å². The zero-order valence-corrected chi connectivity index (χ0v) is 13.1. The number of ketones is 1. The summed E-state index contributed by atoms with van der Waals surface area (Å²) in [6, 6.07) is 15.6. The summed E-state index contributed by atoms with van der Waals surface area (Å²) < 4.78 is 5.19.